The number of guanidine groups is 1. The lowest BCUT2D eigenvalue weighted by Crippen LogP contribution is -2.57. The fraction of sp³-hybridized carbons (Fsp3) is 0.531. The van der Waals surface area contributed by atoms with Gasteiger partial charge < -0.3 is 20.3 Å². The Morgan fingerprint density at radius 3 is 2.71 bits per heavy atom. The normalized spacial score (nSPS) is 27.1. The molecule has 42 heavy (non-hydrogen) atoms. The molecule has 4 fully saturated rings. The highest BCUT2D eigenvalue weighted by Crippen LogP contribution is 2.61. The minimum Gasteiger partial charge on any atom is -0.484 e. The van der Waals surface area contributed by atoms with E-state index in [0.717, 1.165) is 49.5 Å². The minimum absolute atomic E-state index is 0.0876. The van der Waals surface area contributed by atoms with Crippen molar-refractivity contribution in [1.29, 1.82) is 0 Å². The molecular formula is C32H40Cl2N6O2. The first-order chi connectivity index (χ1) is 20.0. The Labute approximate surface area is 257 Å². The summed E-state index contributed by atoms with van der Waals surface area (Å²) in [6.07, 6.45) is 2.46. The summed E-state index contributed by atoms with van der Waals surface area (Å²) in [5, 5.41) is 8.67. The summed E-state index contributed by atoms with van der Waals surface area (Å²) in [7, 11) is 1.70. The zero-order valence-corrected chi connectivity index (χ0v) is 26.5. The maximum atomic E-state index is 13.2. The molecule has 4 aliphatic rings. The number of nitrogens with zero attached hydrogens (tertiary/aromatic N) is 4. The molecular weight excluding hydrogens is 571 g/mol. The van der Waals surface area contributed by atoms with Crippen molar-refractivity contribution in [2.45, 2.75) is 59.2 Å². The van der Waals surface area contributed by atoms with Crippen LogP contribution in [0.2, 0.25) is 10.0 Å². The minimum atomic E-state index is -0.130. The third-order valence-electron chi connectivity index (χ3n) is 9.95. The number of rotatable bonds is 5. The highest BCUT2D eigenvalue weighted by atomic mass is 35.5. The van der Waals surface area contributed by atoms with Gasteiger partial charge in [-0.05, 0) is 79.3 Å². The van der Waals surface area contributed by atoms with Gasteiger partial charge in [-0.15, -0.1) is 0 Å². The van der Waals surface area contributed by atoms with E-state index in [2.05, 4.69) is 43.2 Å². The molecule has 2 N–H and O–H groups in total. The largest absolute Gasteiger partial charge is 0.484 e. The molecule has 1 saturated heterocycles. The van der Waals surface area contributed by atoms with Gasteiger partial charge in [-0.25, -0.2) is 9.98 Å². The van der Waals surface area contributed by atoms with E-state index in [1.165, 1.54) is 11.0 Å². The van der Waals surface area contributed by atoms with Crippen LogP contribution < -0.4 is 20.9 Å². The Morgan fingerprint density at radius 1 is 1.19 bits per heavy atom. The van der Waals surface area contributed by atoms with Crippen LogP contribution in [0.4, 0.5) is 5.69 Å². The molecule has 7 rings (SSSR count). The average molecular weight is 612 g/mol. The number of nitrogens with one attached hydrogen (secondary N) is 2. The lowest BCUT2D eigenvalue weighted by atomic mass is 9.45. The first kappa shape index (κ1) is 29.3. The fourth-order valence-corrected chi connectivity index (χ4v) is 7.62. The predicted molar refractivity (Wildman–Crippen MR) is 171 cm³/mol. The van der Waals surface area contributed by atoms with E-state index in [0.29, 0.717) is 55.9 Å². The maximum Gasteiger partial charge on any atom is 0.261 e. The Hall–Kier alpha value is -2.81. The average Bonchev–Trinajstić information content (AvgIpc) is 2.95. The number of fused-ring (bicyclic) bond motifs is 3. The number of halogens is 2. The second-order valence-corrected chi connectivity index (χ2v) is 13.7. The smallest absolute Gasteiger partial charge is 0.261 e. The van der Waals surface area contributed by atoms with Crippen molar-refractivity contribution < 1.29 is 4.74 Å². The van der Waals surface area contributed by atoms with Crippen LogP contribution in [0.15, 0.2) is 46.2 Å². The molecule has 2 aromatic carbocycles. The number of piperazine rings is 1. The molecule has 1 aliphatic heterocycles. The van der Waals surface area contributed by atoms with Gasteiger partial charge >= 0.3 is 0 Å². The Balaban J connectivity index is 1.29. The molecule has 0 amide bonds. The molecule has 0 unspecified atom stereocenters. The van der Waals surface area contributed by atoms with Gasteiger partial charge in [-0.2, -0.15) is 0 Å². The van der Waals surface area contributed by atoms with Gasteiger partial charge in [0.1, 0.15) is 18.2 Å². The first-order valence-electron chi connectivity index (χ1n) is 14.9. The van der Waals surface area contributed by atoms with Gasteiger partial charge in [-0.3, -0.25) is 9.36 Å². The third-order valence-corrected chi connectivity index (χ3v) is 10.5. The molecule has 2 heterocycles. The lowest BCUT2D eigenvalue weighted by molar-refractivity contribution is -0.108. The Kier molecular flexibility index (Phi) is 7.92. The number of aliphatic imine (C=N–C) groups is 1. The summed E-state index contributed by atoms with van der Waals surface area (Å²) in [5.41, 5.74) is 1.75. The van der Waals surface area contributed by atoms with Crippen molar-refractivity contribution in [3.8, 4) is 5.75 Å². The number of benzene rings is 2. The van der Waals surface area contributed by atoms with E-state index in [4.69, 9.17) is 37.9 Å². The number of aromatic nitrogens is 2. The third kappa shape index (κ3) is 5.49. The Bertz CT molecular complexity index is 1590. The van der Waals surface area contributed by atoms with Gasteiger partial charge in [-0.1, -0.05) is 44.0 Å². The molecule has 3 saturated carbocycles. The van der Waals surface area contributed by atoms with Crippen molar-refractivity contribution in [2.75, 3.05) is 25.0 Å². The number of ether oxygens (including phenoxy) is 1. The van der Waals surface area contributed by atoms with Crippen LogP contribution in [0.25, 0.3) is 10.9 Å². The molecule has 1 aromatic heterocycles. The summed E-state index contributed by atoms with van der Waals surface area (Å²) >= 11 is 12.3. The molecule has 224 valence electrons. The summed E-state index contributed by atoms with van der Waals surface area (Å²) in [4.78, 5) is 25.8. The van der Waals surface area contributed by atoms with Crippen molar-refractivity contribution in [1.82, 2.24) is 19.8 Å². The highest BCUT2D eigenvalue weighted by Gasteiger charge is 2.56. The predicted octanol–water partition coefficient (Wildman–Crippen LogP) is 5.95. The quantitative estimate of drug-likeness (QED) is 0.274. The standard InChI is InChI=1S/C32H40Cl2N6O2/c1-18-16-40(11-10-35-18)31(38-26-13-20-12-24(19(26)2)32(20,3)4)36-22-7-8-23-27(15-22)37-29(39(5)30(23)41)17-42-28-9-6-21(33)14-25(28)34/h6-9,14-15,18-20,24,26,35H,10-13,16-17H2,1-5H3,(H,36,38)/t18-,19-,20+,24-,26-/m0/s1. The van der Waals surface area contributed by atoms with Crippen LogP contribution in [0.1, 0.15) is 46.4 Å². The van der Waals surface area contributed by atoms with Gasteiger partial charge in [0.05, 0.1) is 22.0 Å². The van der Waals surface area contributed by atoms with E-state index in [9.17, 15) is 4.79 Å². The van der Waals surface area contributed by atoms with E-state index in [1.807, 2.05) is 18.2 Å². The van der Waals surface area contributed by atoms with Crippen LogP contribution >= 0.6 is 23.2 Å². The summed E-state index contributed by atoms with van der Waals surface area (Å²) in [6.45, 7) is 12.2. The molecule has 5 atom stereocenters. The molecule has 0 radical (unpaired) electrons. The molecule has 8 nitrogen and oxygen atoms in total. The molecule has 2 bridgehead atoms. The van der Waals surface area contributed by atoms with E-state index >= 15 is 0 Å². The summed E-state index contributed by atoms with van der Waals surface area (Å²) < 4.78 is 7.43. The second-order valence-electron chi connectivity index (χ2n) is 12.9. The SMILES string of the molecule is C[C@@H]1[C@@H](N=C(Nc2ccc3c(=O)n(C)c(COc4ccc(Cl)cc4Cl)nc3c2)N2CCN[C@@H](C)C2)C[C@H]2C[C@@H]1C2(C)C. The van der Waals surface area contributed by atoms with Crippen molar-refractivity contribution in [3.05, 3.63) is 62.6 Å². The van der Waals surface area contributed by atoms with Crippen LogP contribution in [-0.4, -0.2) is 52.1 Å². The molecule has 3 aliphatic carbocycles. The van der Waals surface area contributed by atoms with Gasteiger partial charge in [0.2, 0.25) is 0 Å². The van der Waals surface area contributed by atoms with Crippen LogP contribution in [0.3, 0.4) is 0 Å². The number of hydrogen-bond acceptors (Lipinski definition) is 5. The Morgan fingerprint density at radius 2 is 2.00 bits per heavy atom. The van der Waals surface area contributed by atoms with Gasteiger partial charge in [0, 0.05) is 43.4 Å². The van der Waals surface area contributed by atoms with Crippen molar-refractivity contribution in [3.63, 3.8) is 0 Å². The van der Waals surface area contributed by atoms with Gasteiger partial charge in [0.15, 0.2) is 5.96 Å². The molecule has 0 spiro atoms. The molecule has 10 heteroatoms. The monoisotopic (exact) mass is 610 g/mol. The van der Waals surface area contributed by atoms with E-state index in [-0.39, 0.29) is 12.2 Å². The highest BCUT2D eigenvalue weighted by molar-refractivity contribution is 6.35. The summed E-state index contributed by atoms with van der Waals surface area (Å²) in [6, 6.07) is 11.4. The maximum absolute atomic E-state index is 13.2. The van der Waals surface area contributed by atoms with Crippen LogP contribution in [-0.2, 0) is 13.7 Å². The zero-order valence-electron chi connectivity index (χ0n) is 25.0. The van der Waals surface area contributed by atoms with Crippen molar-refractivity contribution in [2.24, 2.45) is 35.2 Å². The molecule has 3 aromatic rings. The first-order valence-corrected chi connectivity index (χ1v) is 15.7. The van der Waals surface area contributed by atoms with Gasteiger partial charge in [0.25, 0.3) is 5.56 Å². The van der Waals surface area contributed by atoms with Crippen LogP contribution in [0, 0.1) is 23.2 Å². The number of anilines is 1. The van der Waals surface area contributed by atoms with E-state index < -0.39 is 0 Å². The summed E-state index contributed by atoms with van der Waals surface area (Å²) in [5.74, 6) is 3.88. The van der Waals surface area contributed by atoms with E-state index in [1.54, 1.807) is 25.2 Å². The fourth-order valence-electron chi connectivity index (χ4n) is 7.16. The topological polar surface area (TPSA) is 83.8 Å². The van der Waals surface area contributed by atoms with Crippen LogP contribution in [0.5, 0.6) is 5.75 Å². The van der Waals surface area contributed by atoms with Crippen molar-refractivity contribution >= 4 is 45.8 Å². The second kappa shape index (κ2) is 11.4. The zero-order chi connectivity index (χ0) is 29.8. The lowest BCUT2D eigenvalue weighted by Gasteiger charge is -2.61. The number of hydrogen-bond donors (Lipinski definition) is 2.